The Bertz CT molecular complexity index is 1510. The minimum absolute atomic E-state index is 0.0718. The minimum atomic E-state index is -1.23. The van der Waals surface area contributed by atoms with Gasteiger partial charge in [0, 0.05) is 37.2 Å². The van der Waals surface area contributed by atoms with E-state index in [0.717, 1.165) is 24.1 Å². The van der Waals surface area contributed by atoms with E-state index in [2.05, 4.69) is 24.2 Å². The van der Waals surface area contributed by atoms with Crippen molar-refractivity contribution in [2.45, 2.75) is 84.5 Å². The normalized spacial score (nSPS) is 20.8. The number of benzene rings is 1. The van der Waals surface area contributed by atoms with Gasteiger partial charge in [-0.2, -0.15) is 5.10 Å². The molecular weight excluding hydrogens is 613 g/mol. The highest BCUT2D eigenvalue weighted by molar-refractivity contribution is 6.39. The fourth-order valence-corrected chi connectivity index (χ4v) is 7.02. The highest BCUT2D eigenvalue weighted by atomic mass is 35.5. The average molecular weight is 651 g/mol. The fourth-order valence-electron chi connectivity index (χ4n) is 6.06. The fraction of sp³-hybridized carbons (Fsp3) is 0.567. The number of likely N-dealkylation sites (tertiary alicyclic amines) is 2. The van der Waals surface area contributed by atoms with Crippen molar-refractivity contribution in [1.29, 1.82) is 0 Å². The second kappa shape index (κ2) is 11.9. The molecule has 0 bridgehead atoms. The predicted octanol–water partition coefficient (Wildman–Crippen LogP) is 6.77. The van der Waals surface area contributed by atoms with Crippen molar-refractivity contribution >= 4 is 46.8 Å². The van der Waals surface area contributed by atoms with E-state index in [1.54, 1.807) is 34.0 Å². The molecule has 2 amide bonds. The van der Waals surface area contributed by atoms with Crippen LogP contribution in [-0.4, -0.2) is 71.8 Å². The van der Waals surface area contributed by atoms with Gasteiger partial charge in [0.15, 0.2) is 5.54 Å². The molecule has 2 saturated heterocycles. The van der Waals surface area contributed by atoms with E-state index in [1.807, 2.05) is 37.3 Å². The summed E-state index contributed by atoms with van der Waals surface area (Å²) in [6, 6.07) is 4.95. The van der Waals surface area contributed by atoms with Crippen molar-refractivity contribution < 1.29 is 14.3 Å². The van der Waals surface area contributed by atoms with Gasteiger partial charge in [0.25, 0.3) is 5.91 Å². The lowest BCUT2D eigenvalue weighted by molar-refractivity contribution is -0.142. The highest BCUT2D eigenvalue weighted by Gasteiger charge is 2.53. The third kappa shape index (κ3) is 6.11. The Kier molecular flexibility index (Phi) is 8.77. The molecule has 2 atom stereocenters. The minimum Gasteiger partial charge on any atom is -0.444 e. The van der Waals surface area contributed by atoms with E-state index in [4.69, 9.17) is 44.6 Å². The average Bonchev–Trinajstić information content (AvgIpc) is 3.70. The lowest BCUT2D eigenvalue weighted by Gasteiger charge is -2.35. The molecule has 10 nitrogen and oxygen atoms in total. The molecular formula is C30H38Cl3N7O3. The van der Waals surface area contributed by atoms with Gasteiger partial charge in [-0.25, -0.2) is 9.48 Å². The van der Waals surface area contributed by atoms with Gasteiger partial charge in [0.05, 0.1) is 34.5 Å². The Morgan fingerprint density at radius 2 is 1.84 bits per heavy atom. The molecule has 0 saturated carbocycles. The van der Waals surface area contributed by atoms with E-state index in [0.29, 0.717) is 58.4 Å². The molecule has 0 aliphatic carbocycles. The van der Waals surface area contributed by atoms with Crippen LogP contribution in [0, 0.1) is 12.8 Å². The molecule has 2 aromatic heterocycles. The second-order valence-corrected chi connectivity index (χ2v) is 14.0. The highest BCUT2D eigenvalue weighted by Crippen LogP contribution is 2.43. The van der Waals surface area contributed by atoms with Crippen LogP contribution >= 0.6 is 34.8 Å². The molecule has 13 heteroatoms. The number of amides is 2. The van der Waals surface area contributed by atoms with Crippen molar-refractivity contribution in [1.82, 2.24) is 34.6 Å². The predicted molar refractivity (Wildman–Crippen MR) is 166 cm³/mol. The number of hydrogen-bond acceptors (Lipinski definition) is 6. The van der Waals surface area contributed by atoms with E-state index < -0.39 is 17.2 Å². The summed E-state index contributed by atoms with van der Waals surface area (Å²) in [5.74, 6) is 0.203. The number of nitrogens with zero attached hydrogens (tertiary/aromatic N) is 7. The van der Waals surface area contributed by atoms with Crippen LogP contribution in [0.2, 0.25) is 15.2 Å². The van der Waals surface area contributed by atoms with Gasteiger partial charge in [-0.15, -0.1) is 5.10 Å². The van der Waals surface area contributed by atoms with Crippen molar-refractivity contribution in [3.63, 3.8) is 0 Å². The summed E-state index contributed by atoms with van der Waals surface area (Å²) in [4.78, 5) is 31.4. The summed E-state index contributed by atoms with van der Waals surface area (Å²) >= 11 is 19.9. The Morgan fingerprint density at radius 1 is 1.14 bits per heavy atom. The van der Waals surface area contributed by atoms with Crippen molar-refractivity contribution in [2.75, 3.05) is 19.6 Å². The Hall–Kier alpha value is -2.82. The number of halogens is 3. The van der Waals surface area contributed by atoms with E-state index >= 15 is 0 Å². The molecule has 0 radical (unpaired) electrons. The van der Waals surface area contributed by atoms with Gasteiger partial charge >= 0.3 is 6.09 Å². The van der Waals surface area contributed by atoms with E-state index in [1.165, 1.54) is 0 Å². The summed E-state index contributed by atoms with van der Waals surface area (Å²) in [5, 5.41) is 14.9. The van der Waals surface area contributed by atoms with Gasteiger partial charge in [0.1, 0.15) is 16.4 Å². The van der Waals surface area contributed by atoms with Crippen LogP contribution in [0.1, 0.15) is 71.2 Å². The molecule has 2 unspecified atom stereocenters. The van der Waals surface area contributed by atoms with Crippen molar-refractivity contribution in [3.8, 4) is 11.3 Å². The first kappa shape index (κ1) is 31.6. The first-order valence-electron chi connectivity index (χ1n) is 14.6. The molecule has 2 fully saturated rings. The standard InChI is InChI=1S/C30H38Cl3N7O3/c1-18(2)15-39-26(33)24(19(3)35-39)23-11-8-13-38(23)27(41)30(12-14-37(17-30)28(42)43-29(4,5)6)40-16-22(34-36-40)25-20(31)9-7-10-21(25)32/h7,9-10,16,18,23H,8,11-15,17H2,1-6H3. The molecule has 43 heavy (non-hydrogen) atoms. The largest absolute Gasteiger partial charge is 0.444 e. The van der Waals surface area contributed by atoms with E-state index in [-0.39, 0.29) is 18.5 Å². The summed E-state index contributed by atoms with van der Waals surface area (Å²) < 4.78 is 9.07. The zero-order valence-corrected chi connectivity index (χ0v) is 27.7. The second-order valence-electron chi connectivity index (χ2n) is 12.9. The van der Waals surface area contributed by atoms with Crippen LogP contribution in [0.3, 0.4) is 0 Å². The maximum absolute atomic E-state index is 14.8. The quantitative estimate of drug-likeness (QED) is 0.292. The summed E-state index contributed by atoms with van der Waals surface area (Å²) in [5.41, 5.74) is 0.728. The third-order valence-electron chi connectivity index (χ3n) is 7.94. The van der Waals surface area contributed by atoms with Crippen molar-refractivity contribution in [2.24, 2.45) is 5.92 Å². The monoisotopic (exact) mass is 649 g/mol. The molecule has 0 N–H and O–H groups in total. The number of aryl methyl sites for hydroxylation is 1. The summed E-state index contributed by atoms with van der Waals surface area (Å²) in [6.07, 6.45) is 3.10. The number of carbonyl (C=O) groups excluding carboxylic acids is 2. The summed E-state index contributed by atoms with van der Waals surface area (Å²) in [7, 11) is 0. The van der Waals surface area contributed by atoms with Crippen molar-refractivity contribution in [3.05, 3.63) is 50.9 Å². The number of hydrogen-bond donors (Lipinski definition) is 0. The van der Waals surface area contributed by atoms with Crippen LogP contribution in [0.5, 0.6) is 0 Å². The van der Waals surface area contributed by atoms with Crippen LogP contribution in [-0.2, 0) is 21.6 Å². The lowest BCUT2D eigenvalue weighted by Crippen LogP contribution is -2.53. The molecule has 0 spiro atoms. The Morgan fingerprint density at radius 3 is 2.49 bits per heavy atom. The lowest BCUT2D eigenvalue weighted by atomic mass is 9.95. The number of ether oxygens (including phenoxy) is 1. The first-order valence-corrected chi connectivity index (χ1v) is 15.7. The maximum Gasteiger partial charge on any atom is 0.410 e. The van der Waals surface area contributed by atoms with Gasteiger partial charge in [-0.3, -0.25) is 9.48 Å². The maximum atomic E-state index is 14.8. The van der Waals surface area contributed by atoms with Gasteiger partial charge < -0.3 is 14.5 Å². The van der Waals surface area contributed by atoms with Gasteiger partial charge in [-0.1, -0.05) is 59.9 Å². The van der Waals surface area contributed by atoms with E-state index in [9.17, 15) is 9.59 Å². The van der Waals surface area contributed by atoms with Crippen LogP contribution in [0.25, 0.3) is 11.3 Å². The molecule has 232 valence electrons. The third-order valence-corrected chi connectivity index (χ3v) is 8.97. The Labute approximate surface area is 267 Å². The topological polar surface area (TPSA) is 98.4 Å². The van der Waals surface area contributed by atoms with Crippen LogP contribution in [0.4, 0.5) is 4.79 Å². The smallest absolute Gasteiger partial charge is 0.410 e. The SMILES string of the molecule is Cc1nn(CC(C)C)c(Cl)c1C1CCCN1C(=O)C1(n2cc(-c3c(Cl)cccc3Cl)nn2)CCN(C(=O)OC(C)(C)C)C1. The zero-order valence-electron chi connectivity index (χ0n) is 25.4. The van der Waals surface area contributed by atoms with Crippen LogP contribution in [0.15, 0.2) is 24.4 Å². The number of aromatic nitrogens is 5. The molecule has 1 aromatic carbocycles. The summed E-state index contributed by atoms with van der Waals surface area (Å²) in [6.45, 7) is 13.2. The zero-order chi connectivity index (χ0) is 31.3. The molecule has 4 heterocycles. The molecule has 5 rings (SSSR count). The number of rotatable bonds is 6. The first-order chi connectivity index (χ1) is 20.2. The molecule has 3 aromatic rings. The molecule has 2 aliphatic heterocycles. The molecule has 2 aliphatic rings. The van der Waals surface area contributed by atoms with Gasteiger partial charge in [0.2, 0.25) is 0 Å². The number of carbonyl (C=O) groups is 2. The Balaban J connectivity index is 1.55. The van der Waals surface area contributed by atoms with Gasteiger partial charge in [-0.05, 0) is 58.6 Å². The van der Waals surface area contributed by atoms with Crippen LogP contribution < -0.4 is 0 Å².